The van der Waals surface area contributed by atoms with Crippen LogP contribution >= 0.6 is 0 Å². The number of fused-ring (bicyclic) bond motifs is 1. The number of ether oxygens (including phenoxy) is 2. The molecule has 1 unspecified atom stereocenters. The lowest BCUT2D eigenvalue weighted by atomic mass is 10.1. The van der Waals surface area contributed by atoms with Gasteiger partial charge < -0.3 is 23.7 Å². The minimum absolute atomic E-state index is 0.0586. The summed E-state index contributed by atoms with van der Waals surface area (Å²) in [5.41, 5.74) is 1.74. The van der Waals surface area contributed by atoms with E-state index < -0.39 is 0 Å². The third-order valence-corrected chi connectivity index (χ3v) is 4.66. The second-order valence-electron chi connectivity index (χ2n) is 6.93. The largest absolute Gasteiger partial charge is 0.496 e. The van der Waals surface area contributed by atoms with E-state index in [1.165, 1.54) is 6.07 Å². The Morgan fingerprint density at radius 2 is 1.93 bits per heavy atom. The molecule has 2 heterocycles. The van der Waals surface area contributed by atoms with Gasteiger partial charge in [0.15, 0.2) is 5.76 Å². The van der Waals surface area contributed by atoms with Gasteiger partial charge in [-0.2, -0.15) is 0 Å². The van der Waals surface area contributed by atoms with Crippen LogP contribution in [-0.4, -0.2) is 24.9 Å². The van der Waals surface area contributed by atoms with E-state index in [0.717, 1.165) is 28.2 Å². The zero-order chi connectivity index (χ0) is 20.9. The molecule has 2 aromatic carbocycles. The molecule has 0 aliphatic rings. The van der Waals surface area contributed by atoms with Crippen LogP contribution in [0, 0.1) is 0 Å². The fraction of sp³-hybridized carbons (Fsp3) is 0.217. The third kappa shape index (κ3) is 4.52. The van der Waals surface area contributed by atoms with E-state index in [2.05, 4.69) is 10.5 Å². The van der Waals surface area contributed by atoms with E-state index in [1.807, 2.05) is 49.4 Å². The maximum absolute atomic E-state index is 11.4. The zero-order valence-corrected chi connectivity index (χ0v) is 16.8. The summed E-state index contributed by atoms with van der Waals surface area (Å²) in [4.78, 5) is 11.4. The molecular formula is C23H22N2O5. The minimum Gasteiger partial charge on any atom is -0.496 e. The Morgan fingerprint density at radius 1 is 1.10 bits per heavy atom. The van der Waals surface area contributed by atoms with Gasteiger partial charge in [0, 0.05) is 35.2 Å². The van der Waals surface area contributed by atoms with E-state index in [1.54, 1.807) is 19.2 Å². The third-order valence-electron chi connectivity index (χ3n) is 4.66. The molecule has 7 nitrogen and oxygen atoms in total. The van der Waals surface area contributed by atoms with Crippen molar-refractivity contribution in [1.82, 2.24) is 10.5 Å². The van der Waals surface area contributed by atoms with Crippen LogP contribution in [0.4, 0.5) is 0 Å². The maximum Gasteiger partial charge on any atom is 0.336 e. The fourth-order valence-electron chi connectivity index (χ4n) is 3.07. The van der Waals surface area contributed by atoms with E-state index in [9.17, 15) is 4.79 Å². The molecule has 7 heteroatoms. The number of rotatable bonds is 8. The molecule has 0 spiro atoms. The van der Waals surface area contributed by atoms with Crippen molar-refractivity contribution in [1.29, 1.82) is 0 Å². The first-order valence-corrected chi connectivity index (χ1v) is 9.61. The average molecular weight is 406 g/mol. The number of benzene rings is 2. The van der Waals surface area contributed by atoms with Gasteiger partial charge in [0.05, 0.1) is 13.7 Å². The van der Waals surface area contributed by atoms with Crippen molar-refractivity contribution in [2.45, 2.75) is 19.5 Å². The van der Waals surface area contributed by atoms with Gasteiger partial charge >= 0.3 is 5.63 Å². The van der Waals surface area contributed by atoms with Crippen molar-refractivity contribution in [3.63, 3.8) is 0 Å². The summed E-state index contributed by atoms with van der Waals surface area (Å²) in [7, 11) is 1.63. The topological polar surface area (TPSA) is 86.7 Å². The molecule has 0 aliphatic heterocycles. The Kier molecular flexibility index (Phi) is 5.81. The van der Waals surface area contributed by atoms with Gasteiger partial charge in [0.2, 0.25) is 0 Å². The van der Waals surface area contributed by atoms with Gasteiger partial charge in [0.1, 0.15) is 29.4 Å². The smallest absolute Gasteiger partial charge is 0.336 e. The molecule has 4 rings (SSSR count). The molecule has 4 aromatic rings. The SMILES string of the molecule is COc1ccccc1-c1cc(CNC(C)COc2ccc3ccc(=O)oc3c2)on1. The molecule has 0 bridgehead atoms. The molecule has 154 valence electrons. The van der Waals surface area contributed by atoms with Crippen molar-refractivity contribution in [3.8, 4) is 22.8 Å². The van der Waals surface area contributed by atoms with Crippen LogP contribution in [0.25, 0.3) is 22.2 Å². The first kappa shape index (κ1) is 19.7. The lowest BCUT2D eigenvalue weighted by Gasteiger charge is -2.14. The lowest BCUT2D eigenvalue weighted by Crippen LogP contribution is -2.31. The van der Waals surface area contributed by atoms with Crippen molar-refractivity contribution in [2.75, 3.05) is 13.7 Å². The summed E-state index contributed by atoms with van der Waals surface area (Å²) >= 11 is 0. The summed E-state index contributed by atoms with van der Waals surface area (Å²) in [5, 5.41) is 8.34. The molecule has 2 aromatic heterocycles. The molecular weight excluding hydrogens is 384 g/mol. The first-order valence-electron chi connectivity index (χ1n) is 9.61. The van der Waals surface area contributed by atoms with Crippen molar-refractivity contribution in [3.05, 3.63) is 76.8 Å². The molecule has 1 N–H and O–H groups in total. The molecule has 1 atom stereocenters. The fourth-order valence-corrected chi connectivity index (χ4v) is 3.07. The second kappa shape index (κ2) is 8.84. The molecule has 0 amide bonds. The quantitative estimate of drug-likeness (QED) is 0.442. The van der Waals surface area contributed by atoms with Gasteiger partial charge in [-0.3, -0.25) is 0 Å². The average Bonchev–Trinajstić information content (AvgIpc) is 3.24. The van der Waals surface area contributed by atoms with E-state index in [0.29, 0.717) is 24.5 Å². The number of methoxy groups -OCH3 is 1. The lowest BCUT2D eigenvalue weighted by molar-refractivity contribution is 0.266. The second-order valence-corrected chi connectivity index (χ2v) is 6.93. The van der Waals surface area contributed by atoms with Crippen molar-refractivity contribution >= 4 is 11.0 Å². The predicted octanol–water partition coefficient (Wildman–Crippen LogP) is 4.01. The Labute approximate surface area is 173 Å². The van der Waals surface area contributed by atoms with Crippen LogP contribution in [0.1, 0.15) is 12.7 Å². The van der Waals surface area contributed by atoms with Crippen LogP contribution in [0.2, 0.25) is 0 Å². The zero-order valence-electron chi connectivity index (χ0n) is 16.8. The van der Waals surface area contributed by atoms with Crippen molar-refractivity contribution < 1.29 is 18.4 Å². The van der Waals surface area contributed by atoms with Crippen LogP contribution < -0.4 is 20.4 Å². The number of nitrogens with one attached hydrogen (secondary N) is 1. The normalized spacial score (nSPS) is 12.1. The highest BCUT2D eigenvalue weighted by Gasteiger charge is 2.12. The van der Waals surface area contributed by atoms with Gasteiger partial charge in [-0.1, -0.05) is 17.3 Å². The standard InChI is InChI=1S/C23H22N2O5/c1-15(14-28-17-9-7-16-8-10-23(26)29-22(16)12-17)24-13-18-11-20(25-30-18)19-5-3-4-6-21(19)27-2/h3-12,15,24H,13-14H2,1-2H3. The molecule has 0 aliphatic carbocycles. The van der Waals surface area contributed by atoms with Gasteiger partial charge in [0.25, 0.3) is 0 Å². The Balaban J connectivity index is 1.32. The van der Waals surface area contributed by atoms with Crippen molar-refractivity contribution in [2.24, 2.45) is 0 Å². The summed E-state index contributed by atoms with van der Waals surface area (Å²) in [6.45, 7) is 2.97. The van der Waals surface area contributed by atoms with Gasteiger partial charge in [-0.05, 0) is 37.3 Å². The summed E-state index contributed by atoms with van der Waals surface area (Å²) in [6.07, 6.45) is 0. The van der Waals surface area contributed by atoms with Gasteiger partial charge in [-0.15, -0.1) is 0 Å². The molecule has 0 saturated carbocycles. The Hall–Kier alpha value is -3.58. The molecule has 0 radical (unpaired) electrons. The number of hydrogen-bond acceptors (Lipinski definition) is 7. The van der Waals surface area contributed by atoms with Crippen LogP contribution in [0.15, 0.2) is 74.4 Å². The number of aromatic nitrogens is 1. The van der Waals surface area contributed by atoms with Gasteiger partial charge in [-0.25, -0.2) is 4.79 Å². The summed E-state index contributed by atoms with van der Waals surface area (Å²) < 4.78 is 21.8. The molecule has 0 saturated heterocycles. The van der Waals surface area contributed by atoms with E-state index in [-0.39, 0.29) is 11.7 Å². The number of nitrogens with zero attached hydrogens (tertiary/aromatic N) is 1. The number of hydrogen-bond donors (Lipinski definition) is 1. The first-order chi connectivity index (χ1) is 14.6. The predicted molar refractivity (Wildman–Crippen MR) is 113 cm³/mol. The Bertz CT molecular complexity index is 1200. The molecule has 30 heavy (non-hydrogen) atoms. The Morgan fingerprint density at radius 3 is 2.80 bits per heavy atom. The van der Waals surface area contributed by atoms with Crippen LogP contribution in [0.3, 0.4) is 0 Å². The minimum atomic E-state index is -0.380. The highest BCUT2D eigenvalue weighted by atomic mass is 16.5. The van der Waals surface area contributed by atoms with E-state index >= 15 is 0 Å². The number of para-hydroxylation sites is 1. The maximum atomic E-state index is 11.4. The van der Waals surface area contributed by atoms with Crippen LogP contribution in [0.5, 0.6) is 11.5 Å². The summed E-state index contributed by atoms with van der Waals surface area (Å²) in [5.74, 6) is 2.11. The van der Waals surface area contributed by atoms with E-state index in [4.69, 9.17) is 18.4 Å². The highest BCUT2D eigenvalue weighted by Crippen LogP contribution is 2.29. The molecule has 0 fully saturated rings. The summed E-state index contributed by atoms with van der Waals surface area (Å²) in [6, 6.07) is 18.2. The van der Waals surface area contributed by atoms with Crippen LogP contribution in [-0.2, 0) is 6.54 Å². The highest BCUT2D eigenvalue weighted by molar-refractivity contribution is 5.77. The monoisotopic (exact) mass is 406 g/mol.